The monoisotopic (exact) mass is 373 g/mol. The fourth-order valence-electron chi connectivity index (χ4n) is 2.68. The highest BCUT2D eigenvalue weighted by molar-refractivity contribution is 9.11. The molecule has 5 heteroatoms. The summed E-state index contributed by atoms with van der Waals surface area (Å²) in [6, 6.07) is 12.2. The smallest absolute Gasteiger partial charge is 0.0991 e. The lowest BCUT2D eigenvalue weighted by Crippen LogP contribution is -1.99. The van der Waals surface area contributed by atoms with Crippen LogP contribution in [-0.2, 0) is 6.42 Å². The number of nitrogens with two attached hydrogens (primary N) is 1. The number of aromatic nitrogens is 1. The van der Waals surface area contributed by atoms with Crippen LogP contribution in [0, 0.1) is 11.3 Å². The van der Waals surface area contributed by atoms with Gasteiger partial charge in [-0.25, -0.2) is 0 Å². The van der Waals surface area contributed by atoms with Gasteiger partial charge in [-0.05, 0) is 77.6 Å². The first-order valence-corrected chi connectivity index (χ1v) is 8.84. The number of hydrogen-bond acceptors (Lipinski definition) is 3. The van der Waals surface area contributed by atoms with Crippen LogP contribution in [0.1, 0.15) is 24.0 Å². The minimum atomic E-state index is 0.700. The lowest BCUT2D eigenvalue weighted by Gasteiger charge is -2.03. The predicted molar refractivity (Wildman–Crippen MR) is 96.0 cm³/mol. The van der Waals surface area contributed by atoms with Crippen molar-refractivity contribution < 1.29 is 0 Å². The van der Waals surface area contributed by atoms with Crippen LogP contribution in [0.2, 0.25) is 0 Å². The number of benzene rings is 1. The summed E-state index contributed by atoms with van der Waals surface area (Å²) < 4.78 is 1.12. The molecule has 0 fully saturated rings. The van der Waals surface area contributed by atoms with Crippen LogP contribution in [0.5, 0.6) is 0 Å². The molecule has 3 aromatic rings. The fourth-order valence-corrected chi connectivity index (χ4v) is 4.10. The third kappa shape index (κ3) is 2.95. The number of nitrogens with one attached hydrogen (secondary N) is 1. The summed E-state index contributed by atoms with van der Waals surface area (Å²) in [7, 11) is 0. The highest BCUT2D eigenvalue weighted by Crippen LogP contribution is 2.37. The van der Waals surface area contributed by atoms with Gasteiger partial charge >= 0.3 is 0 Å². The second-order valence-electron chi connectivity index (χ2n) is 5.20. The number of aryl methyl sites for hydroxylation is 1. The quantitative estimate of drug-likeness (QED) is 0.630. The van der Waals surface area contributed by atoms with Crippen LogP contribution in [0.15, 0.2) is 34.1 Å². The average Bonchev–Trinajstić information content (AvgIpc) is 3.11. The van der Waals surface area contributed by atoms with E-state index in [1.807, 2.05) is 18.2 Å². The molecule has 0 saturated heterocycles. The Bertz CT molecular complexity index is 841. The maximum atomic E-state index is 9.15. The largest absolute Gasteiger partial charge is 0.354 e. The molecule has 2 aromatic heterocycles. The average molecular weight is 374 g/mol. The number of rotatable bonds is 5. The molecule has 0 saturated carbocycles. The van der Waals surface area contributed by atoms with Crippen LogP contribution in [0.4, 0.5) is 0 Å². The molecular formula is C17H16BrN3S. The van der Waals surface area contributed by atoms with Gasteiger partial charge in [-0.2, -0.15) is 5.26 Å². The summed E-state index contributed by atoms with van der Waals surface area (Å²) >= 11 is 5.24. The number of nitrogens with zero attached hydrogens (tertiary/aromatic N) is 1. The van der Waals surface area contributed by atoms with Crippen molar-refractivity contribution in [3.63, 3.8) is 0 Å². The first-order valence-electron chi connectivity index (χ1n) is 7.23. The van der Waals surface area contributed by atoms with Crippen molar-refractivity contribution in [1.82, 2.24) is 4.98 Å². The van der Waals surface area contributed by atoms with Crippen molar-refractivity contribution in [3.8, 4) is 16.6 Å². The van der Waals surface area contributed by atoms with Gasteiger partial charge in [0.25, 0.3) is 0 Å². The van der Waals surface area contributed by atoms with E-state index in [-0.39, 0.29) is 0 Å². The summed E-state index contributed by atoms with van der Waals surface area (Å²) in [6.07, 6.45) is 3.04. The molecular weight excluding hydrogens is 358 g/mol. The van der Waals surface area contributed by atoms with Gasteiger partial charge in [0.05, 0.1) is 26.0 Å². The minimum Gasteiger partial charge on any atom is -0.354 e. The molecule has 2 heterocycles. The molecule has 1 aromatic carbocycles. The maximum Gasteiger partial charge on any atom is 0.0991 e. The zero-order chi connectivity index (χ0) is 15.5. The molecule has 0 aliphatic heterocycles. The second kappa shape index (κ2) is 6.66. The van der Waals surface area contributed by atoms with E-state index in [0.717, 1.165) is 39.6 Å². The number of thiophene rings is 1. The van der Waals surface area contributed by atoms with Crippen molar-refractivity contribution in [2.24, 2.45) is 5.73 Å². The predicted octanol–water partition coefficient (Wildman–Crippen LogP) is 4.81. The molecule has 0 amide bonds. The van der Waals surface area contributed by atoms with E-state index < -0.39 is 0 Å². The van der Waals surface area contributed by atoms with Gasteiger partial charge in [-0.1, -0.05) is 0 Å². The van der Waals surface area contributed by atoms with Gasteiger partial charge in [-0.3, -0.25) is 0 Å². The van der Waals surface area contributed by atoms with Crippen LogP contribution >= 0.6 is 27.3 Å². The van der Waals surface area contributed by atoms with E-state index in [0.29, 0.717) is 12.1 Å². The molecule has 0 unspecified atom stereocenters. The van der Waals surface area contributed by atoms with Gasteiger partial charge in [0.15, 0.2) is 0 Å². The Balaban J connectivity index is 2.13. The zero-order valence-electron chi connectivity index (χ0n) is 12.0. The van der Waals surface area contributed by atoms with E-state index in [2.05, 4.69) is 39.1 Å². The van der Waals surface area contributed by atoms with Crippen LogP contribution in [-0.4, -0.2) is 11.5 Å². The molecule has 3 N–H and O–H groups in total. The van der Waals surface area contributed by atoms with Gasteiger partial charge in [0.2, 0.25) is 0 Å². The van der Waals surface area contributed by atoms with Crippen LogP contribution in [0.3, 0.4) is 0 Å². The number of fused-ring (bicyclic) bond motifs is 1. The van der Waals surface area contributed by atoms with Crippen molar-refractivity contribution in [2.75, 3.05) is 6.54 Å². The van der Waals surface area contributed by atoms with Gasteiger partial charge in [-0.15, -0.1) is 11.3 Å². The second-order valence-corrected chi connectivity index (χ2v) is 7.66. The molecule has 0 spiro atoms. The Hall–Kier alpha value is -1.61. The van der Waals surface area contributed by atoms with Crippen LogP contribution < -0.4 is 5.73 Å². The highest BCUT2D eigenvalue weighted by atomic mass is 79.9. The van der Waals surface area contributed by atoms with E-state index in [1.54, 1.807) is 11.3 Å². The standard InChI is InChI=1S/C17H16BrN3S/c18-16-7-6-15(22-16)17-12(3-1-2-8-19)13-9-11(10-20)4-5-14(13)21-17/h4-7,9,21H,1-3,8,19H2. The van der Waals surface area contributed by atoms with E-state index in [9.17, 15) is 0 Å². The maximum absolute atomic E-state index is 9.15. The molecule has 3 rings (SSSR count). The summed E-state index contributed by atoms with van der Waals surface area (Å²) in [4.78, 5) is 4.73. The SMILES string of the molecule is N#Cc1ccc2[nH]c(-c3ccc(Br)s3)c(CCCCN)c2c1. The number of H-pyrrole nitrogens is 1. The Morgan fingerprint density at radius 3 is 2.77 bits per heavy atom. The van der Waals surface area contributed by atoms with Gasteiger partial charge in [0, 0.05) is 10.9 Å². The number of aromatic amines is 1. The van der Waals surface area contributed by atoms with Gasteiger partial charge < -0.3 is 10.7 Å². The minimum absolute atomic E-state index is 0.700. The summed E-state index contributed by atoms with van der Waals surface area (Å²) in [5.74, 6) is 0. The number of unbranched alkanes of at least 4 members (excludes halogenated alkanes) is 1. The third-order valence-corrected chi connectivity index (χ3v) is 5.38. The number of halogens is 1. The molecule has 0 atom stereocenters. The van der Waals surface area contributed by atoms with Crippen LogP contribution in [0.25, 0.3) is 21.5 Å². The summed E-state index contributed by atoms with van der Waals surface area (Å²) in [5.41, 5.74) is 9.86. The zero-order valence-corrected chi connectivity index (χ0v) is 14.4. The molecule has 0 aliphatic carbocycles. The van der Waals surface area contributed by atoms with E-state index in [1.165, 1.54) is 10.4 Å². The van der Waals surface area contributed by atoms with E-state index in [4.69, 9.17) is 11.0 Å². The first kappa shape index (κ1) is 15.3. The molecule has 112 valence electrons. The molecule has 0 bridgehead atoms. The van der Waals surface area contributed by atoms with Crippen molar-refractivity contribution in [2.45, 2.75) is 19.3 Å². The van der Waals surface area contributed by atoms with E-state index >= 15 is 0 Å². The topological polar surface area (TPSA) is 65.6 Å². The van der Waals surface area contributed by atoms with Crippen molar-refractivity contribution in [1.29, 1.82) is 5.26 Å². The molecule has 0 aliphatic rings. The molecule has 3 nitrogen and oxygen atoms in total. The Kier molecular flexibility index (Phi) is 4.63. The third-order valence-electron chi connectivity index (χ3n) is 3.74. The van der Waals surface area contributed by atoms with Crippen molar-refractivity contribution >= 4 is 38.2 Å². The Labute approximate surface area is 141 Å². The lowest BCUT2D eigenvalue weighted by molar-refractivity contribution is 0.748. The molecule has 0 radical (unpaired) electrons. The number of hydrogen-bond donors (Lipinski definition) is 2. The normalized spacial score (nSPS) is 11.0. The Morgan fingerprint density at radius 1 is 1.23 bits per heavy atom. The van der Waals surface area contributed by atoms with Gasteiger partial charge in [0.1, 0.15) is 0 Å². The number of nitriles is 1. The fraction of sp³-hybridized carbons (Fsp3) is 0.235. The first-order chi connectivity index (χ1) is 10.7. The Morgan fingerprint density at radius 2 is 2.09 bits per heavy atom. The molecule has 22 heavy (non-hydrogen) atoms. The van der Waals surface area contributed by atoms with Crippen molar-refractivity contribution in [3.05, 3.63) is 45.2 Å². The summed E-state index contributed by atoms with van der Waals surface area (Å²) in [6.45, 7) is 0.714. The highest BCUT2D eigenvalue weighted by Gasteiger charge is 2.15. The summed E-state index contributed by atoms with van der Waals surface area (Å²) in [5, 5.41) is 10.3. The lowest BCUT2D eigenvalue weighted by atomic mass is 10.0.